The molecule has 0 aromatic heterocycles. The van der Waals surface area contributed by atoms with E-state index < -0.39 is 0 Å². The lowest BCUT2D eigenvalue weighted by Gasteiger charge is -2.18. The molecule has 0 heterocycles. The first kappa shape index (κ1) is 14.4. The Labute approximate surface area is 110 Å². The Hall–Kier alpha value is -1.70. The fourth-order valence-corrected chi connectivity index (χ4v) is 2.25. The van der Waals surface area contributed by atoms with Gasteiger partial charge in [0.1, 0.15) is 0 Å². The summed E-state index contributed by atoms with van der Waals surface area (Å²) < 4.78 is 0. The van der Waals surface area contributed by atoms with Crippen molar-refractivity contribution in [3.63, 3.8) is 0 Å². The van der Waals surface area contributed by atoms with Crippen LogP contribution in [-0.2, 0) is 0 Å². The first-order chi connectivity index (χ1) is 8.52. The summed E-state index contributed by atoms with van der Waals surface area (Å²) in [4.78, 5) is 0. The number of nitrogen functional groups attached to an aromatic ring is 2. The second-order valence-electron chi connectivity index (χ2n) is 4.70. The maximum Gasteiger partial charge on any atom is 0.0589 e. The quantitative estimate of drug-likeness (QED) is 0.615. The van der Waals surface area contributed by atoms with E-state index in [-0.39, 0.29) is 0 Å². The molecule has 0 aliphatic carbocycles. The molecule has 1 rings (SSSR count). The smallest absolute Gasteiger partial charge is 0.0589 e. The molecule has 0 aliphatic heterocycles. The van der Waals surface area contributed by atoms with Crippen LogP contribution >= 0.6 is 0 Å². The number of hydrogen-bond acceptors (Lipinski definition) is 2. The van der Waals surface area contributed by atoms with Gasteiger partial charge in [-0.15, -0.1) is 0 Å². The summed E-state index contributed by atoms with van der Waals surface area (Å²) in [7, 11) is 0. The average Bonchev–Trinajstić information content (AvgIpc) is 2.33. The van der Waals surface area contributed by atoms with Crippen LogP contribution in [0.3, 0.4) is 0 Å². The summed E-state index contributed by atoms with van der Waals surface area (Å²) in [6.07, 6.45) is 8.33. The summed E-state index contributed by atoms with van der Waals surface area (Å²) in [6, 6.07) is 4.18. The second-order valence-corrected chi connectivity index (χ2v) is 4.70. The van der Waals surface area contributed by atoms with Crippen LogP contribution in [-0.4, -0.2) is 0 Å². The Morgan fingerprint density at radius 1 is 0.833 bits per heavy atom. The molecule has 0 saturated carbocycles. The predicted molar refractivity (Wildman–Crippen MR) is 81.7 cm³/mol. The van der Waals surface area contributed by atoms with E-state index in [1.165, 1.54) is 0 Å². The maximum atomic E-state index is 6.17. The van der Waals surface area contributed by atoms with Crippen molar-refractivity contribution in [2.75, 3.05) is 11.5 Å². The lowest BCUT2D eigenvalue weighted by Crippen LogP contribution is -2.06. The van der Waals surface area contributed by atoms with Gasteiger partial charge in [0.25, 0.3) is 0 Å². The minimum absolute atomic E-state index is 0.295. The number of allylic oxidation sites excluding steroid dienone is 4. The Bertz CT molecular complexity index is 415. The number of nitrogens with two attached hydrogens (primary N) is 2. The third kappa shape index (κ3) is 2.95. The topological polar surface area (TPSA) is 52.0 Å². The molecule has 18 heavy (non-hydrogen) atoms. The van der Waals surface area contributed by atoms with Gasteiger partial charge in [0.2, 0.25) is 0 Å². The van der Waals surface area contributed by atoms with E-state index in [2.05, 4.69) is 38.1 Å². The Balaban J connectivity index is 3.20. The van der Waals surface area contributed by atoms with E-state index in [0.717, 1.165) is 22.5 Å². The molecule has 98 valence electrons. The Kier molecular flexibility index (Phi) is 5.02. The fourth-order valence-electron chi connectivity index (χ4n) is 2.25. The van der Waals surface area contributed by atoms with Crippen LogP contribution in [0, 0.1) is 0 Å². The predicted octanol–water partition coefficient (Wildman–Crippen LogP) is 4.21. The molecular formula is C16H24N2. The first-order valence-corrected chi connectivity index (χ1v) is 6.46. The van der Waals surface area contributed by atoms with Crippen LogP contribution in [0.2, 0.25) is 0 Å². The van der Waals surface area contributed by atoms with Crippen LogP contribution < -0.4 is 11.5 Å². The molecule has 2 nitrogen and oxygen atoms in total. The van der Waals surface area contributed by atoms with Crippen LogP contribution in [0.4, 0.5) is 11.4 Å². The van der Waals surface area contributed by atoms with Gasteiger partial charge in [-0.2, -0.15) is 0 Å². The third-order valence-electron chi connectivity index (χ3n) is 3.30. The molecule has 2 unspecified atom stereocenters. The molecule has 2 heteroatoms. The van der Waals surface area contributed by atoms with Crippen LogP contribution in [0.25, 0.3) is 0 Å². The zero-order valence-corrected chi connectivity index (χ0v) is 11.8. The van der Waals surface area contributed by atoms with E-state index >= 15 is 0 Å². The van der Waals surface area contributed by atoms with Gasteiger partial charge >= 0.3 is 0 Å². The lowest BCUT2D eigenvalue weighted by atomic mass is 9.91. The molecule has 0 amide bonds. The average molecular weight is 244 g/mol. The zero-order valence-electron chi connectivity index (χ0n) is 11.8. The largest absolute Gasteiger partial charge is 0.397 e. The molecule has 0 spiro atoms. The van der Waals surface area contributed by atoms with Gasteiger partial charge in [-0.3, -0.25) is 0 Å². The van der Waals surface area contributed by atoms with Gasteiger partial charge in [-0.1, -0.05) is 50.3 Å². The number of anilines is 2. The summed E-state index contributed by atoms with van der Waals surface area (Å²) in [5.74, 6) is 0.590. The molecule has 1 aromatic carbocycles. The molecule has 0 aliphatic rings. The summed E-state index contributed by atoms with van der Waals surface area (Å²) >= 11 is 0. The number of benzene rings is 1. The molecular weight excluding hydrogens is 220 g/mol. The van der Waals surface area contributed by atoms with Crippen molar-refractivity contribution in [3.05, 3.63) is 47.6 Å². The summed E-state index contributed by atoms with van der Waals surface area (Å²) in [6.45, 7) is 8.28. The SMILES string of the molecule is C/C=C/C(C)c1ccc(C(C)/C=C/C)c(N)c1N. The highest BCUT2D eigenvalue weighted by Gasteiger charge is 2.14. The molecule has 0 bridgehead atoms. The van der Waals surface area contributed by atoms with Crippen LogP contribution in [0.5, 0.6) is 0 Å². The van der Waals surface area contributed by atoms with E-state index in [0.29, 0.717) is 11.8 Å². The molecule has 2 atom stereocenters. The minimum atomic E-state index is 0.295. The van der Waals surface area contributed by atoms with E-state index in [1.807, 2.05) is 26.0 Å². The Morgan fingerprint density at radius 2 is 1.17 bits per heavy atom. The lowest BCUT2D eigenvalue weighted by molar-refractivity contribution is 0.944. The minimum Gasteiger partial charge on any atom is -0.397 e. The van der Waals surface area contributed by atoms with Crippen molar-refractivity contribution >= 4 is 11.4 Å². The zero-order chi connectivity index (χ0) is 13.7. The first-order valence-electron chi connectivity index (χ1n) is 6.46. The molecule has 0 saturated heterocycles. The fraction of sp³-hybridized carbons (Fsp3) is 0.375. The van der Waals surface area contributed by atoms with Gasteiger partial charge in [-0.25, -0.2) is 0 Å². The van der Waals surface area contributed by atoms with E-state index in [1.54, 1.807) is 0 Å². The van der Waals surface area contributed by atoms with E-state index in [4.69, 9.17) is 11.5 Å². The highest BCUT2D eigenvalue weighted by molar-refractivity contribution is 5.73. The van der Waals surface area contributed by atoms with Gasteiger partial charge in [-0.05, 0) is 25.0 Å². The van der Waals surface area contributed by atoms with Crippen LogP contribution in [0.1, 0.15) is 50.7 Å². The van der Waals surface area contributed by atoms with Crippen molar-refractivity contribution < 1.29 is 0 Å². The van der Waals surface area contributed by atoms with Crippen molar-refractivity contribution in [2.45, 2.75) is 39.5 Å². The maximum absolute atomic E-state index is 6.17. The number of hydrogen-bond donors (Lipinski definition) is 2. The highest BCUT2D eigenvalue weighted by atomic mass is 14.7. The van der Waals surface area contributed by atoms with Crippen molar-refractivity contribution in [1.29, 1.82) is 0 Å². The number of rotatable bonds is 4. The molecule has 4 N–H and O–H groups in total. The molecule has 0 fully saturated rings. The standard InChI is InChI=1S/C16H24N2/c1-5-7-11(3)13-9-10-14(12(4)8-6-2)16(18)15(13)17/h5-12H,17-18H2,1-4H3/b7-5+,8-6+. The van der Waals surface area contributed by atoms with Gasteiger partial charge in [0.15, 0.2) is 0 Å². The van der Waals surface area contributed by atoms with Gasteiger partial charge in [0, 0.05) is 11.8 Å². The molecule has 0 radical (unpaired) electrons. The van der Waals surface area contributed by atoms with Crippen molar-refractivity contribution in [2.24, 2.45) is 0 Å². The van der Waals surface area contributed by atoms with Crippen molar-refractivity contribution in [1.82, 2.24) is 0 Å². The molecule has 1 aromatic rings. The second kappa shape index (κ2) is 6.29. The Morgan fingerprint density at radius 3 is 1.44 bits per heavy atom. The summed E-state index contributed by atoms with van der Waals surface area (Å²) in [5, 5.41) is 0. The van der Waals surface area contributed by atoms with Crippen molar-refractivity contribution in [3.8, 4) is 0 Å². The summed E-state index contributed by atoms with van der Waals surface area (Å²) in [5.41, 5.74) is 16.0. The van der Waals surface area contributed by atoms with Gasteiger partial charge < -0.3 is 11.5 Å². The van der Waals surface area contributed by atoms with Crippen LogP contribution in [0.15, 0.2) is 36.4 Å². The normalized spacial score (nSPS) is 15.3. The highest BCUT2D eigenvalue weighted by Crippen LogP contribution is 2.34. The monoisotopic (exact) mass is 244 g/mol. The third-order valence-corrected chi connectivity index (χ3v) is 3.30. The van der Waals surface area contributed by atoms with E-state index in [9.17, 15) is 0 Å². The van der Waals surface area contributed by atoms with Gasteiger partial charge in [0.05, 0.1) is 11.4 Å².